The molecular weight excluding hydrogens is 235 g/mol. The van der Waals surface area contributed by atoms with Gasteiger partial charge in [0.15, 0.2) is 5.78 Å². The Labute approximate surface area is 89.6 Å². The number of aromatic nitrogens is 2. The summed E-state index contributed by atoms with van der Waals surface area (Å²) in [5, 5.41) is 3.39. The molecule has 1 aromatic rings. The molecule has 0 saturated carbocycles. The molecule has 0 aliphatic rings. The zero-order valence-corrected chi connectivity index (χ0v) is 8.31. The van der Waals surface area contributed by atoms with Crippen molar-refractivity contribution < 1.29 is 18.0 Å². The molecule has 0 radical (unpaired) electrons. The van der Waals surface area contributed by atoms with Crippen LogP contribution in [0.1, 0.15) is 10.5 Å². The molecular formula is C7H9ClF3N3O. The van der Waals surface area contributed by atoms with Gasteiger partial charge in [-0.1, -0.05) is 0 Å². The predicted molar refractivity (Wildman–Crippen MR) is 48.9 cm³/mol. The van der Waals surface area contributed by atoms with E-state index < -0.39 is 18.5 Å². The normalized spacial score (nSPS) is 10.9. The molecule has 0 amide bonds. The predicted octanol–water partition coefficient (Wildman–Crippen LogP) is 1.01. The van der Waals surface area contributed by atoms with Crippen LogP contribution in [-0.2, 0) is 6.54 Å². The number of ketones is 1. The first-order valence-electron chi connectivity index (χ1n) is 3.76. The van der Waals surface area contributed by atoms with Crippen LogP contribution in [0.5, 0.6) is 0 Å². The van der Waals surface area contributed by atoms with Gasteiger partial charge in [0.1, 0.15) is 12.2 Å². The number of hydrogen-bond donors (Lipinski definition) is 1. The maximum absolute atomic E-state index is 12.0. The van der Waals surface area contributed by atoms with Crippen molar-refractivity contribution in [1.82, 2.24) is 9.78 Å². The molecule has 0 spiro atoms. The number of rotatable bonds is 3. The van der Waals surface area contributed by atoms with Gasteiger partial charge in [-0.3, -0.25) is 9.48 Å². The second-order valence-corrected chi connectivity index (χ2v) is 2.62. The molecule has 0 atom stereocenters. The molecule has 0 saturated heterocycles. The fourth-order valence-electron chi connectivity index (χ4n) is 0.970. The Bertz CT molecular complexity index is 336. The third-order valence-electron chi connectivity index (χ3n) is 1.52. The van der Waals surface area contributed by atoms with Crippen LogP contribution in [0.4, 0.5) is 13.2 Å². The van der Waals surface area contributed by atoms with E-state index in [0.29, 0.717) is 4.68 Å². The van der Waals surface area contributed by atoms with Crippen LogP contribution in [0.3, 0.4) is 0 Å². The summed E-state index contributed by atoms with van der Waals surface area (Å²) >= 11 is 0. The van der Waals surface area contributed by atoms with Gasteiger partial charge in [-0.15, -0.1) is 12.4 Å². The minimum Gasteiger partial charge on any atom is -0.324 e. The van der Waals surface area contributed by atoms with E-state index in [-0.39, 0.29) is 24.6 Å². The van der Waals surface area contributed by atoms with E-state index in [4.69, 9.17) is 5.73 Å². The van der Waals surface area contributed by atoms with Crippen molar-refractivity contribution in [3.05, 3.63) is 18.0 Å². The average molecular weight is 244 g/mol. The molecule has 1 aromatic heterocycles. The van der Waals surface area contributed by atoms with E-state index in [1.54, 1.807) is 0 Å². The van der Waals surface area contributed by atoms with Crippen LogP contribution >= 0.6 is 12.4 Å². The highest BCUT2D eigenvalue weighted by molar-refractivity contribution is 5.95. The third kappa shape index (κ3) is 3.88. The molecule has 1 rings (SSSR count). The molecule has 0 aliphatic heterocycles. The monoisotopic (exact) mass is 243 g/mol. The second-order valence-electron chi connectivity index (χ2n) is 2.62. The number of nitrogens with zero attached hydrogens (tertiary/aromatic N) is 2. The van der Waals surface area contributed by atoms with Crippen LogP contribution in [0, 0.1) is 0 Å². The molecule has 0 unspecified atom stereocenters. The lowest BCUT2D eigenvalue weighted by Gasteiger charge is -2.08. The van der Waals surface area contributed by atoms with Crippen LogP contribution < -0.4 is 5.73 Å². The highest BCUT2D eigenvalue weighted by Crippen LogP contribution is 2.17. The molecule has 15 heavy (non-hydrogen) atoms. The molecule has 4 nitrogen and oxygen atoms in total. The first-order chi connectivity index (χ1) is 6.44. The van der Waals surface area contributed by atoms with E-state index >= 15 is 0 Å². The maximum Gasteiger partial charge on any atom is 0.408 e. The van der Waals surface area contributed by atoms with Crippen molar-refractivity contribution in [3.8, 4) is 0 Å². The largest absolute Gasteiger partial charge is 0.408 e. The summed E-state index contributed by atoms with van der Waals surface area (Å²) in [6.45, 7) is -1.61. The smallest absolute Gasteiger partial charge is 0.324 e. The first-order valence-corrected chi connectivity index (χ1v) is 3.76. The zero-order chi connectivity index (χ0) is 10.8. The van der Waals surface area contributed by atoms with Gasteiger partial charge in [-0.05, 0) is 6.07 Å². The topological polar surface area (TPSA) is 60.9 Å². The minimum absolute atomic E-state index is 0. The molecule has 0 fully saturated rings. The summed E-state index contributed by atoms with van der Waals surface area (Å²) in [5.41, 5.74) is 4.90. The number of alkyl halides is 3. The summed E-state index contributed by atoms with van der Waals surface area (Å²) in [6, 6.07) is 1.21. The van der Waals surface area contributed by atoms with E-state index in [1.165, 1.54) is 6.07 Å². The molecule has 1 heterocycles. The van der Waals surface area contributed by atoms with Gasteiger partial charge in [0.25, 0.3) is 0 Å². The van der Waals surface area contributed by atoms with E-state index in [0.717, 1.165) is 6.20 Å². The maximum atomic E-state index is 12.0. The lowest BCUT2D eigenvalue weighted by molar-refractivity contribution is -0.142. The highest BCUT2D eigenvalue weighted by Gasteiger charge is 2.30. The molecule has 0 aromatic carbocycles. The quantitative estimate of drug-likeness (QED) is 0.806. The lowest BCUT2D eigenvalue weighted by Crippen LogP contribution is -2.24. The fraction of sp³-hybridized carbons (Fsp3) is 0.429. The third-order valence-corrected chi connectivity index (χ3v) is 1.52. The summed E-state index contributed by atoms with van der Waals surface area (Å²) in [6.07, 6.45) is -3.26. The Hall–Kier alpha value is -1.08. The van der Waals surface area contributed by atoms with E-state index in [2.05, 4.69) is 5.10 Å². The van der Waals surface area contributed by atoms with Crippen LogP contribution in [0.15, 0.2) is 12.3 Å². The molecule has 8 heteroatoms. The Kier molecular flexibility index (Phi) is 4.76. The zero-order valence-electron chi connectivity index (χ0n) is 7.49. The van der Waals surface area contributed by atoms with E-state index in [9.17, 15) is 18.0 Å². The van der Waals surface area contributed by atoms with Crippen molar-refractivity contribution in [2.45, 2.75) is 12.7 Å². The molecule has 2 N–H and O–H groups in total. The molecule has 0 bridgehead atoms. The Balaban J connectivity index is 0.00000196. The Morgan fingerprint density at radius 2 is 2.13 bits per heavy atom. The lowest BCUT2D eigenvalue weighted by atomic mass is 10.3. The summed E-state index contributed by atoms with van der Waals surface area (Å²) < 4.78 is 36.5. The van der Waals surface area contributed by atoms with Gasteiger partial charge in [0.2, 0.25) is 0 Å². The number of nitrogens with two attached hydrogens (primary N) is 1. The minimum atomic E-state index is -4.39. The Morgan fingerprint density at radius 1 is 1.53 bits per heavy atom. The van der Waals surface area contributed by atoms with Gasteiger partial charge < -0.3 is 5.73 Å². The van der Waals surface area contributed by atoms with Crippen molar-refractivity contribution in [2.24, 2.45) is 5.73 Å². The van der Waals surface area contributed by atoms with Crippen molar-refractivity contribution >= 4 is 18.2 Å². The van der Waals surface area contributed by atoms with Crippen molar-refractivity contribution in [2.75, 3.05) is 6.54 Å². The first kappa shape index (κ1) is 13.9. The van der Waals surface area contributed by atoms with Crippen LogP contribution in [0.2, 0.25) is 0 Å². The van der Waals surface area contributed by atoms with Gasteiger partial charge >= 0.3 is 6.18 Å². The van der Waals surface area contributed by atoms with E-state index in [1.807, 2.05) is 0 Å². The van der Waals surface area contributed by atoms with Crippen LogP contribution in [0.25, 0.3) is 0 Å². The van der Waals surface area contributed by atoms with Gasteiger partial charge in [0.05, 0.1) is 6.54 Å². The van der Waals surface area contributed by atoms with Crippen molar-refractivity contribution in [1.29, 1.82) is 0 Å². The number of halogens is 4. The van der Waals surface area contributed by atoms with Gasteiger partial charge in [0, 0.05) is 6.20 Å². The standard InChI is InChI=1S/C7H8F3N3O.ClH/c8-7(9,10)4-13-5(1-2-12-13)6(14)3-11;/h1-2H,3-4,11H2;1H. The summed E-state index contributed by atoms with van der Waals surface area (Å²) in [5.74, 6) is -0.563. The Morgan fingerprint density at radius 3 is 2.60 bits per heavy atom. The number of carbonyl (C=O) groups excluding carboxylic acids is 1. The number of Topliss-reactive ketones (excluding diaryl/α,β-unsaturated/α-hetero) is 1. The second kappa shape index (κ2) is 5.13. The van der Waals surface area contributed by atoms with Crippen LogP contribution in [-0.4, -0.2) is 28.3 Å². The highest BCUT2D eigenvalue weighted by atomic mass is 35.5. The van der Waals surface area contributed by atoms with Crippen molar-refractivity contribution in [3.63, 3.8) is 0 Å². The SMILES string of the molecule is Cl.NCC(=O)c1ccnn1CC(F)(F)F. The summed E-state index contributed by atoms with van der Waals surface area (Å²) in [4.78, 5) is 11.0. The fourth-order valence-corrected chi connectivity index (χ4v) is 0.970. The molecule has 86 valence electrons. The van der Waals surface area contributed by atoms with Gasteiger partial charge in [-0.25, -0.2) is 0 Å². The summed E-state index contributed by atoms with van der Waals surface area (Å²) in [7, 11) is 0. The average Bonchev–Trinajstić information content (AvgIpc) is 2.48. The number of hydrogen-bond acceptors (Lipinski definition) is 3. The van der Waals surface area contributed by atoms with Gasteiger partial charge in [-0.2, -0.15) is 18.3 Å². The molecule has 0 aliphatic carbocycles. The number of carbonyl (C=O) groups is 1.